The topological polar surface area (TPSA) is 142 Å². The summed E-state index contributed by atoms with van der Waals surface area (Å²) in [6.07, 6.45) is 0.628. The van der Waals surface area contributed by atoms with Crippen LogP contribution >= 0.6 is 12.2 Å². The van der Waals surface area contributed by atoms with Crippen molar-refractivity contribution < 1.29 is 23.4 Å². The van der Waals surface area contributed by atoms with Crippen molar-refractivity contribution in [1.29, 1.82) is 0 Å². The molecule has 0 aliphatic rings. The molecule has 0 aliphatic carbocycles. The van der Waals surface area contributed by atoms with Crippen molar-refractivity contribution in [3.8, 4) is 29.0 Å². The summed E-state index contributed by atoms with van der Waals surface area (Å²) in [6.45, 7) is 0.472. The van der Waals surface area contributed by atoms with Crippen molar-refractivity contribution in [1.82, 2.24) is 15.0 Å². The van der Waals surface area contributed by atoms with E-state index in [0.29, 0.717) is 46.9 Å². The number of aromatic nitrogens is 3. The average molecular weight is 601 g/mol. The van der Waals surface area contributed by atoms with Crippen LogP contribution in [-0.4, -0.2) is 47.9 Å². The van der Waals surface area contributed by atoms with Crippen molar-refractivity contribution in [2.24, 2.45) is 0 Å². The number of hydrogen-bond donors (Lipinski definition) is 3. The van der Waals surface area contributed by atoms with E-state index in [9.17, 15) is 4.79 Å². The van der Waals surface area contributed by atoms with Crippen LogP contribution in [0.2, 0.25) is 0 Å². The smallest absolute Gasteiger partial charge is 0.339 e. The molecular formula is C30H28N6O6S. The van der Waals surface area contributed by atoms with Gasteiger partial charge in [-0.2, -0.15) is 15.0 Å². The summed E-state index contributed by atoms with van der Waals surface area (Å²) in [6, 6.07) is 21.2. The van der Waals surface area contributed by atoms with Crippen LogP contribution in [0.4, 0.5) is 17.6 Å². The van der Waals surface area contributed by atoms with Gasteiger partial charge in [0, 0.05) is 6.54 Å². The van der Waals surface area contributed by atoms with Gasteiger partial charge >= 0.3 is 11.6 Å². The van der Waals surface area contributed by atoms with Crippen molar-refractivity contribution >= 4 is 45.9 Å². The number of ether oxygens (including phenoxy) is 4. The first-order valence-corrected chi connectivity index (χ1v) is 13.5. The third kappa shape index (κ3) is 7.26. The maximum Gasteiger partial charge on any atom is 0.339 e. The molecule has 0 amide bonds. The van der Waals surface area contributed by atoms with Gasteiger partial charge in [-0.15, -0.1) is 0 Å². The standard InChI is InChI=1S/C30H28N6O6S/c1-38-22-11-7-5-9-20(22)32-30(43)36-28-33-27(31-15-14-18-12-13-23(39-2)25(16-18)40-3)34-29(35-28)42-24-17-26(37)41-21-10-6-4-8-19(21)24/h4-13,16-17H,14-15H2,1-3H3,(H3,31,32,33,34,35,36,43). The maximum atomic E-state index is 12.2. The van der Waals surface area contributed by atoms with Crippen LogP contribution in [0.1, 0.15) is 5.56 Å². The van der Waals surface area contributed by atoms with Gasteiger partial charge in [-0.05, 0) is 60.6 Å². The molecule has 0 bridgehead atoms. The zero-order valence-electron chi connectivity index (χ0n) is 23.5. The fourth-order valence-corrected chi connectivity index (χ4v) is 4.36. The van der Waals surface area contributed by atoms with Crippen LogP contribution in [-0.2, 0) is 6.42 Å². The Balaban J connectivity index is 1.39. The molecule has 3 aromatic carbocycles. The van der Waals surface area contributed by atoms with Gasteiger partial charge < -0.3 is 39.3 Å². The van der Waals surface area contributed by atoms with Crippen LogP contribution in [0.3, 0.4) is 0 Å². The first kappa shape index (κ1) is 29.1. The molecule has 0 saturated heterocycles. The second-order valence-electron chi connectivity index (χ2n) is 8.94. The molecule has 0 unspecified atom stereocenters. The normalized spacial score (nSPS) is 10.6. The number of fused-ring (bicyclic) bond motifs is 1. The molecule has 0 fully saturated rings. The Morgan fingerprint density at radius 2 is 1.53 bits per heavy atom. The molecule has 12 nitrogen and oxygen atoms in total. The first-order chi connectivity index (χ1) is 20.9. The Morgan fingerprint density at radius 3 is 2.35 bits per heavy atom. The van der Waals surface area contributed by atoms with Gasteiger partial charge in [-0.3, -0.25) is 0 Å². The lowest BCUT2D eigenvalue weighted by molar-refractivity contribution is 0.354. The minimum absolute atomic E-state index is 0.0676. The molecule has 2 aromatic heterocycles. The number of para-hydroxylation sites is 3. The Kier molecular flexibility index (Phi) is 9.12. The van der Waals surface area contributed by atoms with Gasteiger partial charge in [-0.25, -0.2) is 4.79 Å². The van der Waals surface area contributed by atoms with E-state index in [4.69, 9.17) is 35.6 Å². The van der Waals surface area contributed by atoms with Crippen LogP contribution in [0.5, 0.6) is 29.0 Å². The van der Waals surface area contributed by atoms with E-state index in [1.807, 2.05) is 36.4 Å². The van der Waals surface area contributed by atoms with Crippen molar-refractivity contribution in [2.75, 3.05) is 43.8 Å². The van der Waals surface area contributed by atoms with Crippen molar-refractivity contribution in [3.63, 3.8) is 0 Å². The summed E-state index contributed by atoms with van der Waals surface area (Å²) in [4.78, 5) is 25.4. The lowest BCUT2D eigenvalue weighted by atomic mass is 10.1. The van der Waals surface area contributed by atoms with Crippen LogP contribution in [0.15, 0.2) is 82.0 Å². The Labute approximate surface area is 252 Å². The number of hydrogen-bond acceptors (Lipinski definition) is 11. The molecule has 5 aromatic rings. The summed E-state index contributed by atoms with van der Waals surface area (Å²) in [5.41, 5.74) is 1.46. The van der Waals surface area contributed by atoms with E-state index in [-0.39, 0.29) is 28.8 Å². The summed E-state index contributed by atoms with van der Waals surface area (Å²) in [5, 5.41) is 10.0. The monoisotopic (exact) mass is 600 g/mol. The molecule has 0 aliphatic heterocycles. The van der Waals surface area contributed by atoms with Gasteiger partial charge in [0.1, 0.15) is 17.1 Å². The van der Waals surface area contributed by atoms with E-state index < -0.39 is 5.63 Å². The number of nitrogens with one attached hydrogen (secondary N) is 3. The molecule has 13 heteroatoms. The van der Waals surface area contributed by atoms with Gasteiger partial charge in [0.25, 0.3) is 0 Å². The highest BCUT2D eigenvalue weighted by Gasteiger charge is 2.14. The fourth-order valence-electron chi connectivity index (χ4n) is 4.16. The van der Waals surface area contributed by atoms with Gasteiger partial charge in [0.2, 0.25) is 11.9 Å². The third-order valence-electron chi connectivity index (χ3n) is 6.15. The lowest BCUT2D eigenvalue weighted by Gasteiger charge is -2.14. The number of rotatable bonds is 11. The summed E-state index contributed by atoms with van der Waals surface area (Å²) >= 11 is 5.50. The number of benzene rings is 3. The predicted molar refractivity (Wildman–Crippen MR) is 167 cm³/mol. The van der Waals surface area contributed by atoms with Gasteiger partial charge in [0.05, 0.1) is 38.5 Å². The maximum absolute atomic E-state index is 12.2. The number of nitrogens with zero attached hydrogens (tertiary/aromatic N) is 3. The highest BCUT2D eigenvalue weighted by Crippen LogP contribution is 2.29. The third-order valence-corrected chi connectivity index (χ3v) is 6.36. The Hall–Kier alpha value is -5.43. The van der Waals surface area contributed by atoms with Crippen molar-refractivity contribution in [2.45, 2.75) is 6.42 Å². The van der Waals surface area contributed by atoms with E-state index in [1.54, 1.807) is 51.7 Å². The molecule has 0 radical (unpaired) electrons. The quantitative estimate of drug-likeness (QED) is 0.134. The average Bonchev–Trinajstić information content (AvgIpc) is 3.01. The Morgan fingerprint density at radius 1 is 0.791 bits per heavy atom. The number of anilines is 3. The minimum Gasteiger partial charge on any atom is -0.495 e. The molecule has 0 saturated carbocycles. The molecule has 3 N–H and O–H groups in total. The molecule has 43 heavy (non-hydrogen) atoms. The molecule has 220 valence electrons. The van der Waals surface area contributed by atoms with E-state index >= 15 is 0 Å². The van der Waals surface area contributed by atoms with Crippen LogP contribution in [0.25, 0.3) is 11.0 Å². The van der Waals surface area contributed by atoms with E-state index in [0.717, 1.165) is 5.56 Å². The molecule has 0 atom stereocenters. The first-order valence-electron chi connectivity index (χ1n) is 13.1. The second kappa shape index (κ2) is 13.5. The summed E-state index contributed by atoms with van der Waals surface area (Å²) in [7, 11) is 4.75. The van der Waals surface area contributed by atoms with Crippen LogP contribution in [0, 0.1) is 0 Å². The lowest BCUT2D eigenvalue weighted by Crippen LogP contribution is -2.22. The van der Waals surface area contributed by atoms with Crippen molar-refractivity contribution in [3.05, 3.63) is 88.8 Å². The predicted octanol–water partition coefficient (Wildman–Crippen LogP) is 5.26. The van der Waals surface area contributed by atoms with Crippen LogP contribution < -0.4 is 40.5 Å². The summed E-state index contributed by atoms with van der Waals surface area (Å²) in [5.74, 6) is 2.46. The van der Waals surface area contributed by atoms with Gasteiger partial charge in [0.15, 0.2) is 16.6 Å². The zero-order valence-corrected chi connectivity index (χ0v) is 24.4. The second-order valence-corrected chi connectivity index (χ2v) is 9.35. The summed E-state index contributed by atoms with van der Waals surface area (Å²) < 4.78 is 27.4. The fraction of sp³-hybridized carbons (Fsp3) is 0.167. The zero-order chi connectivity index (χ0) is 30.2. The Bertz CT molecular complexity index is 1810. The SMILES string of the molecule is COc1ccccc1NC(=S)Nc1nc(NCCc2ccc(OC)c(OC)c2)nc(Oc2cc(=O)oc3ccccc23)n1. The minimum atomic E-state index is -0.573. The largest absolute Gasteiger partial charge is 0.495 e. The molecule has 0 spiro atoms. The highest BCUT2D eigenvalue weighted by molar-refractivity contribution is 7.80. The molecular weight excluding hydrogens is 572 g/mol. The molecule has 5 rings (SSSR count). The van der Waals surface area contributed by atoms with E-state index in [2.05, 4.69) is 30.9 Å². The molecule has 2 heterocycles. The van der Waals surface area contributed by atoms with Gasteiger partial charge in [-0.1, -0.05) is 30.3 Å². The number of thiocarbonyl (C=S) groups is 1. The number of methoxy groups -OCH3 is 3. The van der Waals surface area contributed by atoms with E-state index in [1.165, 1.54) is 6.07 Å². The highest BCUT2D eigenvalue weighted by atomic mass is 32.1.